The number of rotatable bonds is 2. The number of anilines is 1. The maximum absolute atomic E-state index is 13.5. The van der Waals surface area contributed by atoms with E-state index in [1.54, 1.807) is 10.8 Å². The first-order valence-corrected chi connectivity index (χ1v) is 9.57. The fourth-order valence-electron chi connectivity index (χ4n) is 4.10. The Morgan fingerprint density at radius 2 is 1.86 bits per heavy atom. The standard InChI is InChI=1S/C20H21N7O/c1-12-6-7-15-14(10-23-25-15)18(12)27-13(2)24-16-17(20(27)28)21-11-22-19(16)26-8-4-3-5-9-26/h6-7,10-11H,3-5,8-9H2,1-2H3,(H,23,25). The van der Waals surface area contributed by atoms with E-state index < -0.39 is 0 Å². The lowest BCUT2D eigenvalue weighted by atomic mass is 10.1. The molecule has 8 nitrogen and oxygen atoms in total. The summed E-state index contributed by atoms with van der Waals surface area (Å²) in [5, 5.41) is 7.99. The Balaban J connectivity index is 1.79. The zero-order valence-corrected chi connectivity index (χ0v) is 15.9. The van der Waals surface area contributed by atoms with E-state index >= 15 is 0 Å². The summed E-state index contributed by atoms with van der Waals surface area (Å²) in [6, 6.07) is 3.94. The molecule has 0 atom stereocenters. The number of hydrogen-bond donors (Lipinski definition) is 1. The average Bonchev–Trinajstić information content (AvgIpc) is 3.19. The molecule has 1 aliphatic rings. The predicted octanol–water partition coefficient (Wildman–Crippen LogP) is 2.66. The van der Waals surface area contributed by atoms with Gasteiger partial charge in [0.25, 0.3) is 5.56 Å². The lowest BCUT2D eigenvalue weighted by Gasteiger charge is -2.28. The van der Waals surface area contributed by atoms with Gasteiger partial charge in [-0.3, -0.25) is 14.5 Å². The molecule has 0 radical (unpaired) electrons. The number of aryl methyl sites for hydroxylation is 2. The van der Waals surface area contributed by atoms with E-state index in [1.165, 1.54) is 12.7 Å². The fourth-order valence-corrected chi connectivity index (χ4v) is 4.10. The zero-order valence-electron chi connectivity index (χ0n) is 15.9. The van der Waals surface area contributed by atoms with Crippen molar-refractivity contribution in [3.8, 4) is 5.69 Å². The number of nitrogens with one attached hydrogen (secondary N) is 1. The van der Waals surface area contributed by atoms with Crippen molar-refractivity contribution in [3.05, 3.63) is 46.4 Å². The van der Waals surface area contributed by atoms with Crippen molar-refractivity contribution in [1.82, 2.24) is 29.7 Å². The summed E-state index contributed by atoms with van der Waals surface area (Å²) in [5.74, 6) is 1.37. The molecule has 1 aromatic carbocycles. The zero-order chi connectivity index (χ0) is 19.3. The van der Waals surface area contributed by atoms with Crippen LogP contribution in [0.15, 0.2) is 29.5 Å². The van der Waals surface area contributed by atoms with Crippen LogP contribution in [0.2, 0.25) is 0 Å². The van der Waals surface area contributed by atoms with Crippen LogP contribution in [0, 0.1) is 13.8 Å². The molecule has 3 aromatic heterocycles. The van der Waals surface area contributed by atoms with Crippen LogP contribution in [-0.2, 0) is 0 Å². The molecule has 1 aliphatic heterocycles. The first kappa shape index (κ1) is 16.9. The molecule has 1 saturated heterocycles. The largest absolute Gasteiger partial charge is 0.355 e. The number of aromatic nitrogens is 6. The minimum atomic E-state index is -0.181. The maximum atomic E-state index is 13.5. The second kappa shape index (κ2) is 6.40. The number of piperidine rings is 1. The van der Waals surface area contributed by atoms with Crippen LogP contribution in [0.4, 0.5) is 5.82 Å². The van der Waals surface area contributed by atoms with E-state index in [0.29, 0.717) is 16.9 Å². The second-order valence-corrected chi connectivity index (χ2v) is 7.30. The smallest absolute Gasteiger partial charge is 0.284 e. The molecule has 4 aromatic rings. The van der Waals surface area contributed by atoms with Gasteiger partial charge in [-0.05, 0) is 44.7 Å². The number of H-pyrrole nitrogens is 1. The Labute approximate surface area is 161 Å². The third-order valence-electron chi connectivity index (χ3n) is 5.48. The summed E-state index contributed by atoms with van der Waals surface area (Å²) < 4.78 is 1.64. The van der Waals surface area contributed by atoms with Crippen LogP contribution < -0.4 is 10.5 Å². The maximum Gasteiger partial charge on any atom is 0.284 e. The van der Waals surface area contributed by atoms with Gasteiger partial charge in [-0.25, -0.2) is 15.0 Å². The molecular formula is C20H21N7O. The topological polar surface area (TPSA) is 92.6 Å². The lowest BCUT2D eigenvalue weighted by Crippen LogP contribution is -2.32. The van der Waals surface area contributed by atoms with Crippen LogP contribution in [0.5, 0.6) is 0 Å². The van der Waals surface area contributed by atoms with Gasteiger partial charge in [0, 0.05) is 18.5 Å². The summed E-state index contributed by atoms with van der Waals surface area (Å²) in [6.07, 6.45) is 6.70. The number of fused-ring (bicyclic) bond motifs is 2. The quantitative estimate of drug-likeness (QED) is 0.579. The molecule has 142 valence electrons. The van der Waals surface area contributed by atoms with Crippen LogP contribution >= 0.6 is 0 Å². The van der Waals surface area contributed by atoms with Crippen molar-refractivity contribution >= 4 is 27.8 Å². The Morgan fingerprint density at radius 3 is 2.68 bits per heavy atom. The van der Waals surface area contributed by atoms with E-state index in [9.17, 15) is 4.79 Å². The minimum absolute atomic E-state index is 0.181. The van der Waals surface area contributed by atoms with Gasteiger partial charge in [0.1, 0.15) is 17.7 Å². The van der Waals surface area contributed by atoms with Gasteiger partial charge in [0.05, 0.1) is 17.4 Å². The molecule has 1 fully saturated rings. The predicted molar refractivity (Wildman–Crippen MR) is 108 cm³/mol. The molecule has 0 aliphatic carbocycles. The molecule has 0 unspecified atom stereocenters. The van der Waals surface area contributed by atoms with Gasteiger partial charge >= 0.3 is 0 Å². The van der Waals surface area contributed by atoms with E-state index in [-0.39, 0.29) is 5.56 Å². The minimum Gasteiger partial charge on any atom is -0.355 e. The van der Waals surface area contributed by atoms with Gasteiger partial charge in [-0.15, -0.1) is 0 Å². The van der Waals surface area contributed by atoms with E-state index in [0.717, 1.165) is 53.9 Å². The summed E-state index contributed by atoms with van der Waals surface area (Å²) in [6.45, 7) is 5.70. The Kier molecular flexibility index (Phi) is 3.85. The summed E-state index contributed by atoms with van der Waals surface area (Å²) >= 11 is 0. The molecule has 1 N–H and O–H groups in total. The molecule has 8 heteroatoms. The monoisotopic (exact) mass is 375 g/mol. The normalized spacial score (nSPS) is 14.9. The Hall–Kier alpha value is -3.29. The lowest BCUT2D eigenvalue weighted by molar-refractivity contribution is 0.574. The Bertz CT molecular complexity index is 1250. The fraction of sp³-hybridized carbons (Fsp3) is 0.350. The number of hydrogen-bond acceptors (Lipinski definition) is 6. The first-order chi connectivity index (χ1) is 13.6. The van der Waals surface area contributed by atoms with E-state index in [2.05, 4.69) is 25.1 Å². The van der Waals surface area contributed by atoms with Crippen molar-refractivity contribution in [1.29, 1.82) is 0 Å². The second-order valence-electron chi connectivity index (χ2n) is 7.30. The molecule has 0 spiro atoms. The van der Waals surface area contributed by atoms with E-state index in [4.69, 9.17) is 4.98 Å². The Morgan fingerprint density at radius 1 is 1.04 bits per heavy atom. The van der Waals surface area contributed by atoms with Crippen molar-refractivity contribution in [2.75, 3.05) is 18.0 Å². The number of nitrogens with zero attached hydrogens (tertiary/aromatic N) is 6. The summed E-state index contributed by atoms with van der Waals surface area (Å²) in [7, 11) is 0. The highest BCUT2D eigenvalue weighted by Crippen LogP contribution is 2.27. The molecule has 0 amide bonds. The average molecular weight is 375 g/mol. The van der Waals surface area contributed by atoms with Gasteiger partial charge in [0.2, 0.25) is 0 Å². The first-order valence-electron chi connectivity index (χ1n) is 9.57. The summed E-state index contributed by atoms with van der Waals surface area (Å²) in [4.78, 5) is 29.3. The van der Waals surface area contributed by atoms with Gasteiger partial charge < -0.3 is 4.90 Å². The van der Waals surface area contributed by atoms with Gasteiger partial charge in [-0.2, -0.15) is 5.10 Å². The van der Waals surface area contributed by atoms with Crippen molar-refractivity contribution in [2.24, 2.45) is 0 Å². The van der Waals surface area contributed by atoms with Gasteiger partial charge in [0.15, 0.2) is 11.3 Å². The van der Waals surface area contributed by atoms with Crippen molar-refractivity contribution < 1.29 is 0 Å². The van der Waals surface area contributed by atoms with Crippen LogP contribution in [-0.4, -0.2) is 42.8 Å². The molecule has 28 heavy (non-hydrogen) atoms. The SMILES string of the molecule is Cc1ccc2[nH]ncc2c1-n1c(C)nc2c(N3CCCCC3)ncnc2c1=O. The summed E-state index contributed by atoms with van der Waals surface area (Å²) in [5.41, 5.74) is 3.40. The molecular weight excluding hydrogens is 354 g/mol. The molecule has 0 saturated carbocycles. The third-order valence-corrected chi connectivity index (χ3v) is 5.48. The van der Waals surface area contributed by atoms with Crippen LogP contribution in [0.1, 0.15) is 30.7 Å². The number of benzene rings is 1. The van der Waals surface area contributed by atoms with Crippen molar-refractivity contribution in [3.63, 3.8) is 0 Å². The highest BCUT2D eigenvalue weighted by molar-refractivity contribution is 5.90. The van der Waals surface area contributed by atoms with Gasteiger partial charge in [-0.1, -0.05) is 6.07 Å². The third kappa shape index (κ3) is 2.48. The highest BCUT2D eigenvalue weighted by atomic mass is 16.1. The highest BCUT2D eigenvalue weighted by Gasteiger charge is 2.21. The van der Waals surface area contributed by atoms with Crippen LogP contribution in [0.3, 0.4) is 0 Å². The molecule has 4 heterocycles. The number of aromatic amines is 1. The molecule has 5 rings (SSSR count). The van der Waals surface area contributed by atoms with Crippen molar-refractivity contribution in [2.45, 2.75) is 33.1 Å². The van der Waals surface area contributed by atoms with Crippen LogP contribution in [0.25, 0.3) is 27.6 Å². The van der Waals surface area contributed by atoms with E-state index in [1.807, 2.05) is 26.0 Å². The molecule has 0 bridgehead atoms.